The Morgan fingerprint density at radius 1 is 1.44 bits per heavy atom. The molecule has 94 valence electrons. The Morgan fingerprint density at radius 2 is 2.06 bits per heavy atom. The van der Waals surface area contributed by atoms with E-state index in [-0.39, 0.29) is 6.54 Å². The topological polar surface area (TPSA) is 50.4 Å². The summed E-state index contributed by atoms with van der Waals surface area (Å²) in [6.45, 7) is 5.75. The zero-order chi connectivity index (χ0) is 12.3. The van der Waals surface area contributed by atoms with E-state index in [1.165, 1.54) is 0 Å². The molecule has 0 saturated carbocycles. The van der Waals surface area contributed by atoms with Crippen LogP contribution in [0.3, 0.4) is 0 Å². The number of rotatable bonds is 2. The number of hydrogen-bond acceptors (Lipinski definition) is 3. The lowest BCUT2D eigenvalue weighted by atomic mass is 10.1. The normalized spacial score (nSPS) is 25.9. The molecule has 2 atom stereocenters. The Bertz CT molecular complexity index is 254. The molecule has 0 aromatic rings. The Kier molecular flexibility index (Phi) is 4.07. The van der Waals surface area contributed by atoms with Crippen molar-refractivity contribution in [2.45, 2.75) is 38.8 Å². The minimum atomic E-state index is -2.44. The average Bonchev–Trinajstić information content (AvgIpc) is 2.47. The van der Waals surface area contributed by atoms with Crippen molar-refractivity contribution >= 4 is 6.09 Å². The smallest absolute Gasteiger partial charge is 0.407 e. The molecular weight excluding hydrogens is 218 g/mol. The SMILES string of the molecule is CC(C)(C)OC(=O)N[C@H]1CNC[C@@H]1C(F)F. The molecule has 1 fully saturated rings. The number of carbonyl (C=O) groups is 1. The highest BCUT2D eigenvalue weighted by Crippen LogP contribution is 2.18. The van der Waals surface area contributed by atoms with Gasteiger partial charge in [-0.15, -0.1) is 0 Å². The predicted molar refractivity (Wildman–Crippen MR) is 55.5 cm³/mol. The number of alkyl carbamates (subject to hydrolysis) is 1. The Balaban J connectivity index is 2.44. The summed E-state index contributed by atoms with van der Waals surface area (Å²) in [6.07, 6.45) is -3.08. The van der Waals surface area contributed by atoms with Gasteiger partial charge in [0.2, 0.25) is 6.43 Å². The van der Waals surface area contributed by atoms with E-state index < -0.39 is 30.1 Å². The molecule has 1 aliphatic heterocycles. The molecule has 1 saturated heterocycles. The highest BCUT2D eigenvalue weighted by molar-refractivity contribution is 5.68. The largest absolute Gasteiger partial charge is 0.444 e. The van der Waals surface area contributed by atoms with E-state index in [0.717, 1.165) is 0 Å². The van der Waals surface area contributed by atoms with Gasteiger partial charge in [0, 0.05) is 13.1 Å². The van der Waals surface area contributed by atoms with E-state index in [9.17, 15) is 13.6 Å². The molecule has 0 spiro atoms. The van der Waals surface area contributed by atoms with Gasteiger partial charge in [0.25, 0.3) is 0 Å². The molecule has 1 rings (SSSR count). The summed E-state index contributed by atoms with van der Waals surface area (Å²) in [5.74, 6) is -0.840. The van der Waals surface area contributed by atoms with E-state index in [4.69, 9.17) is 4.74 Å². The maximum Gasteiger partial charge on any atom is 0.407 e. The fourth-order valence-electron chi connectivity index (χ4n) is 1.58. The first kappa shape index (κ1) is 13.2. The lowest BCUT2D eigenvalue weighted by molar-refractivity contribution is 0.0410. The molecule has 1 aliphatic rings. The molecule has 16 heavy (non-hydrogen) atoms. The summed E-state index contributed by atoms with van der Waals surface area (Å²) in [7, 11) is 0. The van der Waals surface area contributed by atoms with E-state index in [1.807, 2.05) is 0 Å². The fraction of sp³-hybridized carbons (Fsp3) is 0.900. The predicted octanol–water partition coefficient (Wildman–Crippen LogP) is 1.36. The van der Waals surface area contributed by atoms with Crippen molar-refractivity contribution in [2.75, 3.05) is 13.1 Å². The van der Waals surface area contributed by atoms with Gasteiger partial charge in [-0.3, -0.25) is 0 Å². The highest BCUT2D eigenvalue weighted by atomic mass is 19.3. The minimum absolute atomic E-state index is 0.220. The van der Waals surface area contributed by atoms with Gasteiger partial charge in [0.05, 0.1) is 12.0 Å². The summed E-state index contributed by atoms with van der Waals surface area (Å²) in [5.41, 5.74) is -0.615. The number of carbonyl (C=O) groups excluding carboxylic acids is 1. The number of alkyl halides is 2. The first-order valence-corrected chi connectivity index (χ1v) is 5.28. The molecule has 6 heteroatoms. The second-order valence-electron chi connectivity index (χ2n) is 4.91. The van der Waals surface area contributed by atoms with Gasteiger partial charge in [0.1, 0.15) is 5.60 Å². The van der Waals surface area contributed by atoms with E-state index in [1.54, 1.807) is 20.8 Å². The third-order valence-corrected chi connectivity index (χ3v) is 2.29. The molecule has 0 unspecified atom stereocenters. The Labute approximate surface area is 93.7 Å². The number of hydrogen-bond donors (Lipinski definition) is 2. The van der Waals surface area contributed by atoms with Crippen molar-refractivity contribution in [1.82, 2.24) is 10.6 Å². The second kappa shape index (κ2) is 4.95. The van der Waals surface area contributed by atoms with Crippen molar-refractivity contribution in [3.05, 3.63) is 0 Å². The molecule has 0 bridgehead atoms. The summed E-state index contributed by atoms with van der Waals surface area (Å²) in [4.78, 5) is 11.4. The standard InChI is InChI=1S/C10H18F2N2O2/c1-10(2,3)16-9(15)14-7-5-13-4-6(7)8(11)12/h6-8,13H,4-5H2,1-3H3,(H,14,15)/t6-,7-/m0/s1. The summed E-state index contributed by atoms with van der Waals surface area (Å²) < 4.78 is 30.1. The molecule has 1 heterocycles. The molecule has 2 N–H and O–H groups in total. The van der Waals surface area contributed by atoms with Crippen LogP contribution in [0.5, 0.6) is 0 Å². The minimum Gasteiger partial charge on any atom is -0.444 e. The molecule has 0 aliphatic carbocycles. The van der Waals surface area contributed by atoms with Gasteiger partial charge in [-0.05, 0) is 20.8 Å². The number of amides is 1. The van der Waals surface area contributed by atoms with E-state index >= 15 is 0 Å². The average molecular weight is 236 g/mol. The van der Waals surface area contributed by atoms with E-state index in [2.05, 4.69) is 10.6 Å². The van der Waals surface area contributed by atoms with Crippen LogP contribution in [0.2, 0.25) is 0 Å². The zero-order valence-corrected chi connectivity index (χ0v) is 9.72. The van der Waals surface area contributed by atoms with Crippen LogP contribution in [0.4, 0.5) is 13.6 Å². The molecule has 1 amide bonds. The highest BCUT2D eigenvalue weighted by Gasteiger charge is 2.35. The Hall–Kier alpha value is -0.910. The van der Waals surface area contributed by atoms with Crippen LogP contribution in [-0.2, 0) is 4.74 Å². The van der Waals surface area contributed by atoms with Crippen LogP contribution >= 0.6 is 0 Å². The van der Waals surface area contributed by atoms with Crippen molar-refractivity contribution in [1.29, 1.82) is 0 Å². The van der Waals surface area contributed by atoms with E-state index in [0.29, 0.717) is 6.54 Å². The van der Waals surface area contributed by atoms with Gasteiger partial charge in [-0.2, -0.15) is 0 Å². The maximum absolute atomic E-state index is 12.5. The number of halogens is 2. The summed E-state index contributed by atoms with van der Waals surface area (Å²) in [6, 6.07) is -0.560. The quantitative estimate of drug-likeness (QED) is 0.761. The zero-order valence-electron chi connectivity index (χ0n) is 9.72. The molecule has 0 radical (unpaired) electrons. The van der Waals surface area contributed by atoms with Gasteiger partial charge < -0.3 is 15.4 Å². The van der Waals surface area contributed by atoms with Crippen LogP contribution < -0.4 is 10.6 Å². The van der Waals surface area contributed by atoms with Crippen molar-refractivity contribution in [3.63, 3.8) is 0 Å². The number of ether oxygens (including phenoxy) is 1. The fourth-order valence-corrected chi connectivity index (χ4v) is 1.58. The van der Waals surface area contributed by atoms with Crippen LogP contribution in [0.25, 0.3) is 0 Å². The van der Waals surface area contributed by atoms with Crippen LogP contribution in [-0.4, -0.2) is 37.3 Å². The molecule has 0 aromatic carbocycles. The van der Waals surface area contributed by atoms with Gasteiger partial charge in [-0.25, -0.2) is 13.6 Å². The first-order chi connectivity index (χ1) is 7.29. The molecular formula is C10H18F2N2O2. The van der Waals surface area contributed by atoms with Gasteiger partial charge >= 0.3 is 6.09 Å². The molecule has 0 aromatic heterocycles. The Morgan fingerprint density at radius 3 is 2.56 bits per heavy atom. The van der Waals surface area contributed by atoms with Crippen molar-refractivity contribution < 1.29 is 18.3 Å². The van der Waals surface area contributed by atoms with Crippen molar-refractivity contribution in [3.8, 4) is 0 Å². The lowest BCUT2D eigenvalue weighted by Crippen LogP contribution is -2.44. The summed E-state index contributed by atoms with van der Waals surface area (Å²) in [5, 5.41) is 5.28. The molecule has 4 nitrogen and oxygen atoms in total. The number of nitrogens with one attached hydrogen (secondary N) is 2. The monoisotopic (exact) mass is 236 g/mol. The second-order valence-corrected chi connectivity index (χ2v) is 4.91. The van der Waals surface area contributed by atoms with Crippen molar-refractivity contribution in [2.24, 2.45) is 5.92 Å². The lowest BCUT2D eigenvalue weighted by Gasteiger charge is -2.23. The van der Waals surface area contributed by atoms with Crippen LogP contribution in [0, 0.1) is 5.92 Å². The summed E-state index contributed by atoms with van der Waals surface area (Å²) >= 11 is 0. The van der Waals surface area contributed by atoms with Crippen LogP contribution in [0.1, 0.15) is 20.8 Å². The third-order valence-electron chi connectivity index (χ3n) is 2.29. The van der Waals surface area contributed by atoms with Gasteiger partial charge in [0.15, 0.2) is 0 Å². The third kappa shape index (κ3) is 3.92. The van der Waals surface area contributed by atoms with Gasteiger partial charge in [-0.1, -0.05) is 0 Å². The first-order valence-electron chi connectivity index (χ1n) is 5.28. The maximum atomic E-state index is 12.5. The van der Waals surface area contributed by atoms with Crippen LogP contribution in [0.15, 0.2) is 0 Å².